The van der Waals surface area contributed by atoms with Gasteiger partial charge in [-0.2, -0.15) is 0 Å². The van der Waals surface area contributed by atoms with E-state index in [2.05, 4.69) is 15.6 Å². The van der Waals surface area contributed by atoms with Gasteiger partial charge in [-0.25, -0.2) is 13.9 Å². The van der Waals surface area contributed by atoms with Crippen molar-refractivity contribution in [2.75, 3.05) is 5.32 Å². The van der Waals surface area contributed by atoms with Gasteiger partial charge >= 0.3 is 6.03 Å². The van der Waals surface area contributed by atoms with Gasteiger partial charge in [0.1, 0.15) is 5.82 Å². The Kier molecular flexibility index (Phi) is 3.45. The molecule has 0 saturated heterocycles. The Morgan fingerprint density at radius 3 is 2.71 bits per heavy atom. The van der Waals surface area contributed by atoms with Gasteiger partial charge in [-0.3, -0.25) is 0 Å². The van der Waals surface area contributed by atoms with E-state index in [0.29, 0.717) is 18.8 Å². The molecule has 2 amide bonds. The van der Waals surface area contributed by atoms with Gasteiger partial charge in [0.2, 0.25) is 0 Å². The number of amides is 2. The number of halogens is 1. The lowest BCUT2D eigenvalue weighted by molar-refractivity contribution is 0.206. The zero-order chi connectivity index (χ0) is 16.5. The largest absolute Gasteiger partial charge is 0.322 e. The minimum atomic E-state index is -0.341. The van der Waals surface area contributed by atoms with E-state index in [1.54, 1.807) is 15.8 Å². The van der Waals surface area contributed by atoms with Crippen LogP contribution in [0.15, 0.2) is 54.7 Å². The van der Waals surface area contributed by atoms with Crippen LogP contribution >= 0.6 is 0 Å². The summed E-state index contributed by atoms with van der Waals surface area (Å²) in [5.74, 6) is -0.341. The quantitative estimate of drug-likeness (QED) is 0.749. The molecule has 0 radical (unpaired) electrons. The molecule has 2 aromatic carbocycles. The van der Waals surface area contributed by atoms with Gasteiger partial charge in [0, 0.05) is 12.2 Å². The van der Waals surface area contributed by atoms with Crippen molar-refractivity contribution in [1.82, 2.24) is 19.9 Å². The van der Waals surface area contributed by atoms with Gasteiger partial charge < -0.3 is 10.2 Å². The SMILES string of the molecule is O=C(Nc1ccc(F)cc1)N1Cc2ccccc2-n2nncc2C1. The summed E-state index contributed by atoms with van der Waals surface area (Å²) in [6, 6.07) is 13.2. The fourth-order valence-corrected chi connectivity index (χ4v) is 2.75. The molecule has 1 aliphatic heterocycles. The molecule has 0 unspecified atom stereocenters. The Morgan fingerprint density at radius 1 is 1.08 bits per heavy atom. The number of para-hydroxylation sites is 1. The van der Waals surface area contributed by atoms with Gasteiger partial charge in [-0.05, 0) is 35.9 Å². The molecule has 0 atom stereocenters. The van der Waals surface area contributed by atoms with E-state index >= 15 is 0 Å². The predicted octanol–water partition coefficient (Wildman–Crippen LogP) is 2.95. The van der Waals surface area contributed by atoms with Crippen LogP contribution in [0, 0.1) is 5.82 Å². The molecule has 0 fully saturated rings. The first-order valence-electron chi connectivity index (χ1n) is 7.50. The Hall–Kier alpha value is -3.22. The topological polar surface area (TPSA) is 63.1 Å². The monoisotopic (exact) mass is 323 g/mol. The third kappa shape index (κ3) is 2.60. The Morgan fingerprint density at radius 2 is 1.88 bits per heavy atom. The molecule has 7 heteroatoms. The first kappa shape index (κ1) is 14.4. The van der Waals surface area contributed by atoms with Crippen LogP contribution in [-0.2, 0) is 13.1 Å². The summed E-state index contributed by atoms with van der Waals surface area (Å²) in [6.45, 7) is 0.835. The summed E-state index contributed by atoms with van der Waals surface area (Å²) >= 11 is 0. The van der Waals surface area contributed by atoms with Gasteiger partial charge in [0.05, 0.1) is 24.1 Å². The van der Waals surface area contributed by atoms with Crippen molar-refractivity contribution in [2.45, 2.75) is 13.1 Å². The lowest BCUT2D eigenvalue weighted by Crippen LogP contribution is -2.33. The van der Waals surface area contributed by atoms with Gasteiger partial charge in [-0.1, -0.05) is 23.4 Å². The summed E-state index contributed by atoms with van der Waals surface area (Å²) in [4.78, 5) is 14.3. The summed E-state index contributed by atoms with van der Waals surface area (Å²) in [5, 5.41) is 10.8. The second-order valence-corrected chi connectivity index (χ2v) is 5.56. The van der Waals surface area contributed by atoms with Crippen LogP contribution in [0.1, 0.15) is 11.3 Å². The number of aromatic nitrogens is 3. The standard InChI is InChI=1S/C17H14FN5O/c18-13-5-7-14(8-6-13)20-17(24)22-10-12-3-1-2-4-16(12)23-15(11-22)9-19-21-23/h1-9H,10-11H2,(H,20,24). The molecule has 0 bridgehead atoms. The molecule has 0 saturated carbocycles. The van der Waals surface area contributed by atoms with Gasteiger partial charge in [0.25, 0.3) is 0 Å². The van der Waals surface area contributed by atoms with Crippen molar-refractivity contribution >= 4 is 11.7 Å². The second kappa shape index (κ2) is 5.77. The average Bonchev–Trinajstić information content (AvgIpc) is 2.99. The summed E-state index contributed by atoms with van der Waals surface area (Å²) in [6.07, 6.45) is 1.65. The maximum absolute atomic E-state index is 13.0. The highest BCUT2D eigenvalue weighted by Crippen LogP contribution is 2.23. The molecule has 24 heavy (non-hydrogen) atoms. The number of nitrogens with zero attached hydrogens (tertiary/aromatic N) is 4. The minimum absolute atomic E-state index is 0.258. The Bertz CT molecular complexity index is 890. The first-order valence-corrected chi connectivity index (χ1v) is 7.50. The third-order valence-corrected chi connectivity index (χ3v) is 3.94. The molecule has 1 aromatic heterocycles. The number of rotatable bonds is 1. The van der Waals surface area contributed by atoms with Crippen molar-refractivity contribution in [2.24, 2.45) is 0 Å². The van der Waals surface area contributed by atoms with E-state index in [4.69, 9.17) is 0 Å². The number of hydrogen-bond donors (Lipinski definition) is 1. The number of carbonyl (C=O) groups excluding carboxylic acids is 1. The van der Waals surface area contributed by atoms with E-state index in [1.165, 1.54) is 24.3 Å². The lowest BCUT2D eigenvalue weighted by Gasteiger charge is -2.21. The highest BCUT2D eigenvalue weighted by atomic mass is 19.1. The Balaban J connectivity index is 1.63. The molecule has 1 aliphatic rings. The predicted molar refractivity (Wildman–Crippen MR) is 86.0 cm³/mol. The van der Waals surface area contributed by atoms with Crippen LogP contribution < -0.4 is 5.32 Å². The molecule has 0 aliphatic carbocycles. The number of hydrogen-bond acceptors (Lipinski definition) is 3. The van der Waals surface area contributed by atoms with E-state index in [9.17, 15) is 9.18 Å². The number of nitrogens with one attached hydrogen (secondary N) is 1. The zero-order valence-electron chi connectivity index (χ0n) is 12.7. The van der Waals surface area contributed by atoms with Crippen LogP contribution in [0.2, 0.25) is 0 Å². The number of urea groups is 1. The summed E-state index contributed by atoms with van der Waals surface area (Å²) in [5.41, 5.74) is 3.28. The van der Waals surface area contributed by atoms with Gasteiger partial charge in [-0.15, -0.1) is 5.10 Å². The normalized spacial score (nSPS) is 13.0. The fraction of sp³-hybridized carbons (Fsp3) is 0.118. The van der Waals surface area contributed by atoms with Crippen molar-refractivity contribution in [3.8, 4) is 5.69 Å². The molecule has 4 rings (SSSR count). The van der Waals surface area contributed by atoms with Crippen LogP contribution in [0.5, 0.6) is 0 Å². The minimum Gasteiger partial charge on any atom is -0.314 e. The smallest absolute Gasteiger partial charge is 0.314 e. The van der Waals surface area contributed by atoms with Crippen molar-refractivity contribution in [3.05, 3.63) is 71.8 Å². The molecule has 120 valence electrons. The highest BCUT2D eigenvalue weighted by Gasteiger charge is 2.23. The highest BCUT2D eigenvalue weighted by molar-refractivity contribution is 5.89. The number of fused-ring (bicyclic) bond motifs is 3. The van der Waals surface area contributed by atoms with Crippen LogP contribution in [-0.4, -0.2) is 25.9 Å². The van der Waals surface area contributed by atoms with Crippen molar-refractivity contribution < 1.29 is 9.18 Å². The first-order chi connectivity index (χ1) is 11.7. The van der Waals surface area contributed by atoms with E-state index < -0.39 is 0 Å². The Labute approximate surface area is 137 Å². The molecule has 0 spiro atoms. The number of anilines is 1. The summed E-state index contributed by atoms with van der Waals surface area (Å²) in [7, 11) is 0. The molecular weight excluding hydrogens is 309 g/mol. The van der Waals surface area contributed by atoms with Crippen LogP contribution in [0.3, 0.4) is 0 Å². The molecule has 6 nitrogen and oxygen atoms in total. The average molecular weight is 323 g/mol. The van der Waals surface area contributed by atoms with Gasteiger partial charge in [0.15, 0.2) is 0 Å². The van der Waals surface area contributed by atoms with Crippen LogP contribution in [0.4, 0.5) is 14.9 Å². The van der Waals surface area contributed by atoms with Crippen molar-refractivity contribution in [1.29, 1.82) is 0 Å². The van der Waals surface area contributed by atoms with E-state index in [-0.39, 0.29) is 11.8 Å². The third-order valence-electron chi connectivity index (χ3n) is 3.94. The van der Waals surface area contributed by atoms with E-state index in [0.717, 1.165) is 16.9 Å². The second-order valence-electron chi connectivity index (χ2n) is 5.56. The molecule has 2 heterocycles. The summed E-state index contributed by atoms with van der Waals surface area (Å²) < 4.78 is 14.7. The van der Waals surface area contributed by atoms with E-state index in [1.807, 2.05) is 24.3 Å². The molecule has 3 aromatic rings. The lowest BCUT2D eigenvalue weighted by atomic mass is 10.2. The fourth-order valence-electron chi connectivity index (χ4n) is 2.75. The molecular formula is C17H14FN5O. The maximum Gasteiger partial charge on any atom is 0.322 e. The number of benzene rings is 2. The molecule has 1 N–H and O–H groups in total. The van der Waals surface area contributed by atoms with Crippen LogP contribution in [0.25, 0.3) is 5.69 Å². The zero-order valence-corrected chi connectivity index (χ0v) is 12.7. The maximum atomic E-state index is 13.0. The number of carbonyl (C=O) groups is 1. The van der Waals surface area contributed by atoms with Crippen molar-refractivity contribution in [3.63, 3.8) is 0 Å².